The lowest BCUT2D eigenvalue weighted by Crippen LogP contribution is -2.42. The molecule has 27 nitrogen and oxygen atoms in total. The van der Waals surface area contributed by atoms with Crippen molar-refractivity contribution in [1.29, 1.82) is 0 Å². The number of carboxylic acids is 1. The predicted molar refractivity (Wildman–Crippen MR) is 357 cm³/mol. The molecule has 4 aromatic heterocycles. The van der Waals surface area contributed by atoms with Crippen molar-refractivity contribution < 1.29 is 57.6 Å². The van der Waals surface area contributed by atoms with E-state index in [-0.39, 0.29) is 72.9 Å². The number of nitrogens with two attached hydrogens (primary N) is 1. The van der Waals surface area contributed by atoms with Crippen LogP contribution in [-0.4, -0.2) is 139 Å². The van der Waals surface area contributed by atoms with Crippen LogP contribution < -0.4 is 38.1 Å². The van der Waals surface area contributed by atoms with Crippen LogP contribution in [0.2, 0.25) is 0 Å². The Labute approximate surface area is 547 Å². The standard InChI is InChI=1S/C65H72N14O13S2/c1-9-39-33(2)45-26-50-43-19-16-42(61(86)90-7)56(62(87)91-8)65(43,5)52(74-50)28-46-35(4)41(18-21-55(82)89-6)49(73-46)27-48-40(34(3)44(72-48)25-47(39)71-45)17-20-54(81)78-79-64(88)92-23-24-93-94-32-51(60(84)85)75-53(80)11-10-22-67-29-36-12-14-37(15-13-36)68-30-38-31-69-58-57(70-38)59(83)77-63(66)76-58/h9,12-16,19,25-28,31,51,56,67-68,72,74H,1,10-11,17-18,20-24,29-30,32H2,2-8H3,(H,75,80)(H,78,81)(H,79,88)(H,84,85)(H3,66,69,76,77,83)/t51?,56-,65+/m1/s1. The van der Waals surface area contributed by atoms with E-state index >= 15 is 0 Å². The van der Waals surface area contributed by atoms with Crippen LogP contribution in [0.3, 0.4) is 0 Å². The Morgan fingerprint density at radius 1 is 0.809 bits per heavy atom. The molecule has 0 spiro atoms. The highest BCUT2D eigenvalue weighted by molar-refractivity contribution is 8.76. The number of methoxy groups -OCH3 is 3. The van der Waals surface area contributed by atoms with Gasteiger partial charge < -0.3 is 55.7 Å². The number of aromatic amines is 3. The average Bonchev–Trinajstić information content (AvgIpc) is 1.54. The molecule has 4 aliphatic rings. The number of aliphatic carboxylic acids is 1. The lowest BCUT2D eigenvalue weighted by atomic mass is 9.64. The Morgan fingerprint density at radius 2 is 1.56 bits per heavy atom. The number of carboxylic acid groups (broad SMARTS) is 1. The number of nitrogen functional groups attached to an aromatic ring is 1. The number of allylic oxidation sites excluding steroid dienone is 8. The highest BCUT2D eigenvalue weighted by Crippen LogP contribution is 2.53. The molecule has 8 bridgehead atoms. The molecule has 5 aromatic rings. The number of benzene rings is 1. The summed E-state index contributed by atoms with van der Waals surface area (Å²) in [6, 6.07) is 14.0. The minimum atomic E-state index is -1.22. The van der Waals surface area contributed by atoms with Crippen molar-refractivity contribution in [1.82, 2.24) is 61.4 Å². The molecule has 94 heavy (non-hydrogen) atoms. The van der Waals surface area contributed by atoms with Gasteiger partial charge in [0, 0.05) is 71.0 Å². The Hall–Kier alpha value is -10.1. The highest BCUT2D eigenvalue weighted by Gasteiger charge is 2.53. The van der Waals surface area contributed by atoms with E-state index in [1.165, 1.54) is 49.1 Å². The average molecular weight is 1320 g/mol. The number of amides is 3. The molecule has 3 atom stereocenters. The number of nitrogens with one attached hydrogen (secondary N) is 8. The number of hydrogen-bond acceptors (Lipinski definition) is 22. The summed E-state index contributed by atoms with van der Waals surface area (Å²) in [5.41, 5.74) is 21.3. The van der Waals surface area contributed by atoms with Crippen LogP contribution in [0, 0.1) is 12.8 Å². The molecule has 0 radical (unpaired) electrons. The largest absolute Gasteiger partial charge is 0.480 e. The second-order valence-electron chi connectivity index (χ2n) is 22.3. The first-order valence-electron chi connectivity index (χ1n) is 29.9. The summed E-state index contributed by atoms with van der Waals surface area (Å²) in [5.74, 6) is -4.75. The maximum absolute atomic E-state index is 13.9. The van der Waals surface area contributed by atoms with Crippen LogP contribution >= 0.6 is 21.6 Å². The lowest BCUT2D eigenvalue weighted by molar-refractivity contribution is -0.149. The fourth-order valence-electron chi connectivity index (χ4n) is 11.3. The van der Waals surface area contributed by atoms with Crippen molar-refractivity contribution in [3.8, 4) is 0 Å². The van der Waals surface area contributed by atoms with Gasteiger partial charge in [-0.05, 0) is 129 Å². The summed E-state index contributed by atoms with van der Waals surface area (Å²) < 4.78 is 20.8. The summed E-state index contributed by atoms with van der Waals surface area (Å²) in [6.45, 7) is 13.0. The van der Waals surface area contributed by atoms with Gasteiger partial charge in [0.1, 0.15) is 18.6 Å². The van der Waals surface area contributed by atoms with Crippen molar-refractivity contribution >= 4 is 125 Å². The molecule has 0 saturated heterocycles. The van der Waals surface area contributed by atoms with E-state index in [0.29, 0.717) is 82.5 Å². The van der Waals surface area contributed by atoms with Crippen molar-refractivity contribution in [3.63, 3.8) is 0 Å². The van der Waals surface area contributed by atoms with Crippen molar-refractivity contribution in [3.05, 3.63) is 152 Å². The van der Waals surface area contributed by atoms with Gasteiger partial charge >= 0.3 is 30.0 Å². The summed E-state index contributed by atoms with van der Waals surface area (Å²) in [7, 11) is 6.27. The quantitative estimate of drug-likeness (QED) is 0.00873. The van der Waals surface area contributed by atoms with Gasteiger partial charge in [0.15, 0.2) is 11.2 Å². The number of esters is 3. The van der Waals surface area contributed by atoms with Gasteiger partial charge in [-0.3, -0.25) is 34.4 Å². The van der Waals surface area contributed by atoms with E-state index in [2.05, 4.69) is 63.3 Å². The molecule has 9 rings (SSSR count). The van der Waals surface area contributed by atoms with E-state index in [1.54, 1.807) is 18.2 Å². The van der Waals surface area contributed by atoms with Gasteiger partial charge in [0.05, 0.1) is 73.5 Å². The molecule has 0 saturated carbocycles. The number of H-pyrrole nitrogens is 3. The van der Waals surface area contributed by atoms with E-state index in [1.807, 2.05) is 76.2 Å². The van der Waals surface area contributed by atoms with E-state index in [4.69, 9.17) is 34.6 Å². The van der Waals surface area contributed by atoms with E-state index in [9.17, 15) is 43.5 Å². The SMILES string of the molecule is C=CC1=C(C)c2cc3[nH]c(cc4nc(cc5[nH]c(cc1n2)c(C)c5CCC(=O)NNC(=O)OCCSSCC(NC(=O)CCCNCc1ccc(NCc2cnc5nc(N)[nH]c(=O)c5n2)cc1)C(=O)O)C(CCC(=O)OC)=C4C)[C@]1(C)C3=CC=C(C(=O)OC)[C@@H]1C(=O)OC. The van der Waals surface area contributed by atoms with E-state index in [0.717, 1.165) is 44.7 Å². The third kappa shape index (κ3) is 15.7. The molecule has 492 valence electrons. The predicted octanol–water partition coefficient (Wildman–Crippen LogP) is 7.02. The molecule has 1 aromatic carbocycles. The number of carbonyl (C=O) groups is 7. The van der Waals surface area contributed by atoms with Crippen LogP contribution in [0.25, 0.3) is 50.1 Å². The number of rotatable bonds is 26. The van der Waals surface area contributed by atoms with Crippen molar-refractivity contribution in [2.24, 2.45) is 5.92 Å². The number of hydrazine groups is 1. The summed E-state index contributed by atoms with van der Waals surface area (Å²) >= 11 is 0. The maximum Gasteiger partial charge on any atom is 0.426 e. The van der Waals surface area contributed by atoms with Crippen LogP contribution in [0.4, 0.5) is 16.4 Å². The number of aryl methyl sites for hydroxylation is 2. The minimum absolute atomic E-state index is 0.0352. The van der Waals surface area contributed by atoms with Crippen molar-refractivity contribution in [2.45, 2.75) is 90.8 Å². The van der Waals surface area contributed by atoms with Crippen LogP contribution in [0.5, 0.6) is 0 Å². The Morgan fingerprint density at radius 3 is 2.30 bits per heavy atom. The van der Waals surface area contributed by atoms with Gasteiger partial charge in [-0.2, -0.15) is 4.98 Å². The van der Waals surface area contributed by atoms with Crippen LogP contribution in [0.15, 0.2) is 89.9 Å². The monoisotopic (exact) mass is 1320 g/mol. The Balaban J connectivity index is 0.780. The third-order valence-electron chi connectivity index (χ3n) is 16.4. The lowest BCUT2D eigenvalue weighted by Gasteiger charge is -2.36. The first-order valence-corrected chi connectivity index (χ1v) is 32.4. The molecule has 29 heteroatoms. The molecule has 3 amide bonds. The van der Waals surface area contributed by atoms with Gasteiger partial charge in [0.25, 0.3) is 5.56 Å². The zero-order chi connectivity index (χ0) is 67.4. The second-order valence-corrected chi connectivity index (χ2v) is 24.9. The molecule has 1 aliphatic carbocycles. The summed E-state index contributed by atoms with van der Waals surface area (Å²) in [4.78, 5) is 135. The fourth-order valence-corrected chi connectivity index (χ4v) is 13.3. The van der Waals surface area contributed by atoms with Gasteiger partial charge in [-0.1, -0.05) is 58.5 Å². The summed E-state index contributed by atoms with van der Waals surface area (Å²) in [5, 5.41) is 18.9. The number of aromatic nitrogens is 8. The molecular formula is C65H72N14O13S2. The topological polar surface area (TPSA) is 392 Å². The second kappa shape index (κ2) is 30.5. The number of nitrogens with zero attached hydrogens (tertiary/aromatic N) is 5. The Kier molecular flexibility index (Phi) is 22.2. The molecular weight excluding hydrogens is 1250 g/mol. The molecule has 7 heterocycles. The molecule has 11 N–H and O–H groups in total. The number of carbonyl (C=O) groups excluding carboxylic acids is 6. The Bertz CT molecular complexity index is 4270. The van der Waals surface area contributed by atoms with Crippen LogP contribution in [0.1, 0.15) is 109 Å². The first kappa shape index (κ1) is 68.2. The van der Waals surface area contributed by atoms with Gasteiger partial charge in [0.2, 0.25) is 17.8 Å². The first-order chi connectivity index (χ1) is 45.1. The number of fused-ring (bicyclic) bond motifs is 12. The van der Waals surface area contributed by atoms with Crippen molar-refractivity contribution in [2.75, 3.05) is 57.0 Å². The normalized spacial score (nSPS) is 15.6. The molecule has 0 fully saturated rings. The summed E-state index contributed by atoms with van der Waals surface area (Å²) in [6.07, 6.45) is 6.67. The minimum Gasteiger partial charge on any atom is -0.480 e. The van der Waals surface area contributed by atoms with Gasteiger partial charge in [-0.15, -0.1) is 0 Å². The molecule has 3 aliphatic heterocycles. The highest BCUT2D eigenvalue weighted by atomic mass is 33.1. The third-order valence-corrected chi connectivity index (χ3v) is 18.8. The molecule has 1 unspecified atom stereocenters. The maximum atomic E-state index is 13.9. The van der Waals surface area contributed by atoms with Crippen LogP contribution in [-0.2, 0) is 72.6 Å². The fraction of sp³-hybridized carbons (Fsp3) is 0.338. The number of anilines is 2. The van der Waals surface area contributed by atoms with E-state index < -0.39 is 64.7 Å². The zero-order valence-corrected chi connectivity index (χ0v) is 54.4. The number of hydrogen-bond donors (Lipinski definition) is 10. The zero-order valence-electron chi connectivity index (χ0n) is 52.8. The smallest absolute Gasteiger partial charge is 0.426 e. The van der Waals surface area contributed by atoms with Gasteiger partial charge in [-0.25, -0.2) is 39.7 Å². The number of ether oxygens (including phenoxy) is 4.